The first kappa shape index (κ1) is 21.6. The summed E-state index contributed by atoms with van der Waals surface area (Å²) in [6.07, 6.45) is 2.09. The fourth-order valence-corrected chi connectivity index (χ4v) is 4.56. The SMILES string of the molecule is O=C(O)c1ccc(/C=N\NC(=O)C2CCN(S(=O)(=O)c3ccc(F)cc3)CC2)cc1. The summed E-state index contributed by atoms with van der Waals surface area (Å²) >= 11 is 0. The Labute approximate surface area is 173 Å². The van der Waals surface area contributed by atoms with Crippen LogP contribution in [0.4, 0.5) is 4.39 Å². The first-order valence-electron chi connectivity index (χ1n) is 9.19. The molecule has 1 fully saturated rings. The Balaban J connectivity index is 1.52. The number of carboxylic acid groups (broad SMARTS) is 1. The van der Waals surface area contributed by atoms with Gasteiger partial charge in [-0.05, 0) is 54.8 Å². The van der Waals surface area contributed by atoms with Gasteiger partial charge in [0.2, 0.25) is 15.9 Å². The average Bonchev–Trinajstić information content (AvgIpc) is 2.74. The van der Waals surface area contributed by atoms with E-state index in [1.807, 2.05) is 0 Å². The second-order valence-corrected chi connectivity index (χ2v) is 8.73. The Morgan fingerprint density at radius 2 is 1.67 bits per heavy atom. The Morgan fingerprint density at radius 1 is 1.07 bits per heavy atom. The maximum Gasteiger partial charge on any atom is 0.335 e. The monoisotopic (exact) mass is 433 g/mol. The number of sulfonamides is 1. The van der Waals surface area contributed by atoms with Crippen LogP contribution in [-0.4, -0.2) is 49.0 Å². The van der Waals surface area contributed by atoms with E-state index >= 15 is 0 Å². The minimum absolute atomic E-state index is 0.0188. The van der Waals surface area contributed by atoms with Crippen molar-refractivity contribution in [2.24, 2.45) is 11.0 Å². The Hall–Kier alpha value is -3.11. The number of carbonyl (C=O) groups is 2. The van der Waals surface area contributed by atoms with Gasteiger partial charge in [-0.3, -0.25) is 4.79 Å². The van der Waals surface area contributed by atoms with Gasteiger partial charge in [-0.2, -0.15) is 9.41 Å². The Morgan fingerprint density at radius 3 is 2.23 bits per heavy atom. The molecular weight excluding hydrogens is 413 g/mol. The molecule has 2 aromatic rings. The second-order valence-electron chi connectivity index (χ2n) is 6.79. The lowest BCUT2D eigenvalue weighted by atomic mass is 9.98. The third-order valence-corrected chi connectivity index (χ3v) is 6.73. The van der Waals surface area contributed by atoms with Crippen molar-refractivity contribution in [3.05, 3.63) is 65.5 Å². The van der Waals surface area contributed by atoms with Crippen molar-refractivity contribution in [3.8, 4) is 0 Å². The molecule has 0 radical (unpaired) electrons. The Kier molecular flexibility index (Phi) is 6.58. The second kappa shape index (κ2) is 9.14. The summed E-state index contributed by atoms with van der Waals surface area (Å²) in [7, 11) is -3.73. The standard InChI is InChI=1S/C20H20FN3O5S/c21-17-5-7-18(8-6-17)30(28,29)24-11-9-15(10-12-24)19(25)23-22-13-14-1-3-16(4-2-14)20(26)27/h1-8,13,15H,9-12H2,(H,23,25)(H,26,27)/b22-13-. The van der Waals surface area contributed by atoms with Gasteiger partial charge >= 0.3 is 5.97 Å². The predicted molar refractivity (Wildman–Crippen MR) is 107 cm³/mol. The van der Waals surface area contributed by atoms with Crippen LogP contribution in [0.15, 0.2) is 58.5 Å². The number of rotatable bonds is 6. The normalized spacial score (nSPS) is 15.9. The first-order chi connectivity index (χ1) is 14.3. The highest BCUT2D eigenvalue weighted by Crippen LogP contribution is 2.24. The quantitative estimate of drug-likeness (QED) is 0.534. The number of amides is 1. The van der Waals surface area contributed by atoms with Crippen LogP contribution in [-0.2, 0) is 14.8 Å². The van der Waals surface area contributed by atoms with Gasteiger partial charge in [0.15, 0.2) is 0 Å². The lowest BCUT2D eigenvalue weighted by molar-refractivity contribution is -0.126. The van der Waals surface area contributed by atoms with Gasteiger partial charge < -0.3 is 5.11 Å². The molecule has 1 aliphatic rings. The number of hydrogen-bond donors (Lipinski definition) is 2. The van der Waals surface area contributed by atoms with Gasteiger partial charge in [0.25, 0.3) is 0 Å². The molecule has 1 heterocycles. The number of aromatic carboxylic acids is 1. The van der Waals surface area contributed by atoms with Crippen molar-refractivity contribution in [1.82, 2.24) is 9.73 Å². The van der Waals surface area contributed by atoms with Crippen molar-refractivity contribution in [1.29, 1.82) is 0 Å². The number of halogens is 1. The number of benzene rings is 2. The number of carbonyl (C=O) groups excluding carboxylic acids is 1. The van der Waals surface area contributed by atoms with Crippen molar-refractivity contribution >= 4 is 28.1 Å². The third kappa shape index (κ3) is 5.08. The summed E-state index contributed by atoms with van der Waals surface area (Å²) in [5.74, 6) is -2.23. The molecule has 0 bridgehead atoms. The number of hydrazone groups is 1. The van der Waals surface area contributed by atoms with Crippen LogP contribution in [0.2, 0.25) is 0 Å². The third-order valence-electron chi connectivity index (χ3n) is 4.82. The van der Waals surface area contributed by atoms with Crippen LogP contribution in [0.3, 0.4) is 0 Å². The lowest BCUT2D eigenvalue weighted by Crippen LogP contribution is -2.42. The zero-order valence-electron chi connectivity index (χ0n) is 15.9. The zero-order chi connectivity index (χ0) is 21.7. The van der Waals surface area contributed by atoms with Crippen molar-refractivity contribution in [3.63, 3.8) is 0 Å². The molecule has 1 amide bonds. The molecule has 0 spiro atoms. The summed E-state index contributed by atoms with van der Waals surface area (Å²) < 4.78 is 39.5. The fourth-order valence-electron chi connectivity index (χ4n) is 3.09. The highest BCUT2D eigenvalue weighted by molar-refractivity contribution is 7.89. The Bertz CT molecular complexity index is 1040. The van der Waals surface area contributed by atoms with E-state index in [0.717, 1.165) is 12.1 Å². The van der Waals surface area contributed by atoms with Crippen molar-refractivity contribution < 1.29 is 27.5 Å². The van der Waals surface area contributed by atoms with Gasteiger partial charge in [0.1, 0.15) is 5.82 Å². The summed E-state index contributed by atoms with van der Waals surface area (Å²) in [4.78, 5) is 23.1. The van der Waals surface area contributed by atoms with Crippen LogP contribution in [0, 0.1) is 11.7 Å². The number of carboxylic acids is 1. The van der Waals surface area contributed by atoms with Crippen LogP contribution in [0.5, 0.6) is 0 Å². The molecule has 1 saturated heterocycles. The smallest absolute Gasteiger partial charge is 0.335 e. The molecule has 10 heteroatoms. The molecule has 0 aliphatic carbocycles. The van der Waals surface area contributed by atoms with Crippen LogP contribution in [0.25, 0.3) is 0 Å². The molecule has 0 aromatic heterocycles. The van der Waals surface area contributed by atoms with Gasteiger partial charge in [-0.1, -0.05) is 12.1 Å². The minimum Gasteiger partial charge on any atom is -0.478 e. The maximum absolute atomic E-state index is 13.0. The zero-order valence-corrected chi connectivity index (χ0v) is 16.7. The highest BCUT2D eigenvalue weighted by atomic mass is 32.2. The molecule has 8 nitrogen and oxygen atoms in total. The van der Waals surface area contributed by atoms with Crippen molar-refractivity contribution in [2.75, 3.05) is 13.1 Å². The summed E-state index contributed by atoms with van der Waals surface area (Å²) in [6, 6.07) is 10.6. The summed E-state index contributed by atoms with van der Waals surface area (Å²) in [6.45, 7) is 0.357. The molecule has 2 N–H and O–H groups in total. The van der Waals surface area contributed by atoms with Crippen LogP contribution < -0.4 is 5.43 Å². The van der Waals surface area contributed by atoms with E-state index in [0.29, 0.717) is 18.4 Å². The van der Waals surface area contributed by atoms with E-state index in [9.17, 15) is 22.4 Å². The molecule has 3 rings (SSSR count). The molecule has 2 aromatic carbocycles. The first-order valence-corrected chi connectivity index (χ1v) is 10.6. The highest BCUT2D eigenvalue weighted by Gasteiger charge is 2.32. The van der Waals surface area contributed by atoms with Gasteiger partial charge in [-0.15, -0.1) is 0 Å². The maximum atomic E-state index is 13.0. The summed E-state index contributed by atoms with van der Waals surface area (Å²) in [5, 5.41) is 12.7. The predicted octanol–water partition coefficient (Wildman–Crippen LogP) is 2.07. The average molecular weight is 433 g/mol. The molecular formula is C20H20FN3O5S. The van der Waals surface area contributed by atoms with E-state index in [4.69, 9.17) is 5.11 Å². The molecule has 0 atom stereocenters. The van der Waals surface area contributed by atoms with E-state index < -0.39 is 21.8 Å². The molecule has 158 valence electrons. The molecule has 30 heavy (non-hydrogen) atoms. The summed E-state index contributed by atoms with van der Waals surface area (Å²) in [5.41, 5.74) is 3.21. The minimum atomic E-state index is -3.73. The van der Waals surface area contributed by atoms with E-state index in [2.05, 4.69) is 10.5 Å². The van der Waals surface area contributed by atoms with E-state index in [1.165, 1.54) is 34.8 Å². The van der Waals surface area contributed by atoms with Crippen molar-refractivity contribution in [2.45, 2.75) is 17.7 Å². The number of hydrogen-bond acceptors (Lipinski definition) is 5. The molecule has 0 unspecified atom stereocenters. The van der Waals surface area contributed by atoms with E-state index in [1.54, 1.807) is 12.1 Å². The largest absolute Gasteiger partial charge is 0.478 e. The van der Waals surface area contributed by atoms with Gasteiger partial charge in [-0.25, -0.2) is 23.0 Å². The number of piperidine rings is 1. The van der Waals surface area contributed by atoms with Crippen LogP contribution in [0.1, 0.15) is 28.8 Å². The topological polar surface area (TPSA) is 116 Å². The number of nitrogens with one attached hydrogen (secondary N) is 1. The molecule has 1 aliphatic heterocycles. The van der Waals surface area contributed by atoms with E-state index in [-0.39, 0.29) is 35.4 Å². The fraction of sp³-hybridized carbons (Fsp3) is 0.250. The lowest BCUT2D eigenvalue weighted by Gasteiger charge is -2.30. The molecule has 0 saturated carbocycles. The van der Waals surface area contributed by atoms with Gasteiger partial charge in [0, 0.05) is 19.0 Å². The number of nitrogens with zero attached hydrogens (tertiary/aromatic N) is 2. The van der Waals surface area contributed by atoms with Gasteiger partial charge in [0.05, 0.1) is 16.7 Å². The van der Waals surface area contributed by atoms with Crippen LogP contribution >= 0.6 is 0 Å².